The molecule has 1 aliphatic heterocycles. The summed E-state index contributed by atoms with van der Waals surface area (Å²) in [6.45, 7) is 1.02. The lowest BCUT2D eigenvalue weighted by Gasteiger charge is -2.43. The number of nitro groups is 1. The van der Waals surface area contributed by atoms with Crippen molar-refractivity contribution in [2.45, 2.75) is 24.9 Å². The SMILES string of the molecule is CCOC(=O)[C@H]1[C@@H](c2ccc([N+](=O)[O-])o2)NC(=O)N[C@]1(O)C(F)(F)F. The van der Waals surface area contributed by atoms with Gasteiger partial charge in [0.25, 0.3) is 5.72 Å². The van der Waals surface area contributed by atoms with Gasteiger partial charge in [-0.15, -0.1) is 0 Å². The second kappa shape index (κ2) is 6.23. The van der Waals surface area contributed by atoms with E-state index in [2.05, 4.69) is 4.74 Å². The van der Waals surface area contributed by atoms with Crippen molar-refractivity contribution >= 4 is 17.9 Å². The Morgan fingerprint density at radius 1 is 1.52 bits per heavy atom. The van der Waals surface area contributed by atoms with Crippen LogP contribution in [0.3, 0.4) is 0 Å². The van der Waals surface area contributed by atoms with Gasteiger partial charge in [-0.25, -0.2) is 4.79 Å². The number of esters is 1. The minimum atomic E-state index is -5.45. The van der Waals surface area contributed by atoms with E-state index in [9.17, 15) is 38.0 Å². The van der Waals surface area contributed by atoms with E-state index in [0.29, 0.717) is 0 Å². The van der Waals surface area contributed by atoms with Crippen LogP contribution in [-0.4, -0.2) is 40.5 Å². The van der Waals surface area contributed by atoms with Crippen LogP contribution in [0.25, 0.3) is 0 Å². The summed E-state index contributed by atoms with van der Waals surface area (Å²) in [5.74, 6) is -5.24. The van der Waals surface area contributed by atoms with Crippen LogP contribution in [0.2, 0.25) is 0 Å². The maximum Gasteiger partial charge on any atom is 0.437 e. The van der Waals surface area contributed by atoms with Gasteiger partial charge in [0.15, 0.2) is 0 Å². The first-order chi connectivity index (χ1) is 11.5. The number of halogens is 3. The summed E-state index contributed by atoms with van der Waals surface area (Å²) in [6.07, 6.45) is -5.45. The van der Waals surface area contributed by atoms with Gasteiger partial charge < -0.3 is 24.9 Å². The number of aliphatic hydroxyl groups is 1. The van der Waals surface area contributed by atoms with Crippen LogP contribution >= 0.6 is 0 Å². The van der Waals surface area contributed by atoms with E-state index in [0.717, 1.165) is 12.1 Å². The maximum atomic E-state index is 13.3. The van der Waals surface area contributed by atoms with E-state index in [1.165, 1.54) is 12.2 Å². The molecule has 10 nitrogen and oxygen atoms in total. The van der Waals surface area contributed by atoms with Crippen molar-refractivity contribution in [1.29, 1.82) is 0 Å². The Bertz CT molecular complexity index is 704. The molecule has 0 bridgehead atoms. The van der Waals surface area contributed by atoms with Crippen LogP contribution in [0.1, 0.15) is 18.7 Å². The smallest absolute Gasteiger partial charge is 0.437 e. The van der Waals surface area contributed by atoms with Crippen LogP contribution in [0.4, 0.5) is 23.8 Å². The number of rotatable bonds is 4. The highest BCUT2D eigenvalue weighted by Gasteiger charge is 2.67. The third-order valence-corrected chi connectivity index (χ3v) is 3.45. The lowest BCUT2D eigenvalue weighted by molar-refractivity contribution is -0.402. The molecule has 13 heteroatoms. The number of urea groups is 1. The zero-order chi connectivity index (χ0) is 19.0. The first kappa shape index (κ1) is 18.5. The van der Waals surface area contributed by atoms with Crippen molar-refractivity contribution < 1.29 is 41.9 Å². The molecule has 0 aromatic carbocycles. The molecule has 0 unspecified atom stereocenters. The third kappa shape index (κ3) is 3.22. The van der Waals surface area contributed by atoms with Gasteiger partial charge in [-0.05, 0) is 13.0 Å². The Hall–Kier alpha value is -2.83. The highest BCUT2D eigenvalue weighted by molar-refractivity contribution is 5.83. The second-order valence-electron chi connectivity index (χ2n) is 5.00. The molecule has 1 saturated heterocycles. The monoisotopic (exact) mass is 367 g/mol. The molecule has 138 valence electrons. The Kier molecular flexibility index (Phi) is 4.61. The van der Waals surface area contributed by atoms with Gasteiger partial charge in [0.2, 0.25) is 0 Å². The fourth-order valence-electron chi connectivity index (χ4n) is 2.38. The van der Waals surface area contributed by atoms with E-state index in [-0.39, 0.29) is 6.61 Å². The van der Waals surface area contributed by atoms with E-state index in [1.54, 1.807) is 0 Å². The number of amides is 2. The summed E-state index contributed by atoms with van der Waals surface area (Å²) >= 11 is 0. The Morgan fingerprint density at radius 2 is 2.16 bits per heavy atom. The number of furan rings is 1. The fourth-order valence-corrected chi connectivity index (χ4v) is 2.38. The molecule has 25 heavy (non-hydrogen) atoms. The molecule has 1 aromatic rings. The predicted molar refractivity (Wildman–Crippen MR) is 70.9 cm³/mol. The zero-order valence-corrected chi connectivity index (χ0v) is 12.5. The molecule has 1 fully saturated rings. The average Bonchev–Trinajstić information content (AvgIpc) is 2.95. The van der Waals surface area contributed by atoms with Gasteiger partial charge >= 0.3 is 24.1 Å². The van der Waals surface area contributed by atoms with Crippen molar-refractivity contribution in [2.75, 3.05) is 6.61 Å². The molecule has 1 aromatic heterocycles. The molecule has 0 spiro atoms. The molecule has 2 rings (SSSR count). The van der Waals surface area contributed by atoms with Crippen molar-refractivity contribution in [3.63, 3.8) is 0 Å². The topological polar surface area (TPSA) is 144 Å². The third-order valence-electron chi connectivity index (χ3n) is 3.45. The number of ether oxygens (including phenoxy) is 1. The number of hydrogen-bond acceptors (Lipinski definition) is 7. The van der Waals surface area contributed by atoms with E-state index in [4.69, 9.17) is 4.42 Å². The number of carbonyl (C=O) groups excluding carboxylic acids is 2. The van der Waals surface area contributed by atoms with Gasteiger partial charge in [0.05, 0.1) is 12.7 Å². The largest absolute Gasteiger partial charge is 0.466 e. The van der Waals surface area contributed by atoms with Crippen LogP contribution in [-0.2, 0) is 9.53 Å². The normalized spacial score (nSPS) is 26.5. The zero-order valence-electron chi connectivity index (χ0n) is 12.5. The maximum absolute atomic E-state index is 13.3. The summed E-state index contributed by atoms with van der Waals surface area (Å²) in [6, 6.07) is -1.56. The van der Waals surface area contributed by atoms with Gasteiger partial charge in [0.1, 0.15) is 22.6 Å². The van der Waals surface area contributed by atoms with Crippen LogP contribution in [0, 0.1) is 16.0 Å². The summed E-state index contributed by atoms with van der Waals surface area (Å²) in [5.41, 5.74) is -3.96. The van der Waals surface area contributed by atoms with Crippen LogP contribution in [0.15, 0.2) is 16.5 Å². The van der Waals surface area contributed by atoms with Gasteiger partial charge in [-0.1, -0.05) is 0 Å². The van der Waals surface area contributed by atoms with Crippen molar-refractivity contribution in [1.82, 2.24) is 10.6 Å². The summed E-state index contributed by atoms with van der Waals surface area (Å²) in [7, 11) is 0. The van der Waals surface area contributed by atoms with Crippen molar-refractivity contribution in [3.05, 3.63) is 28.0 Å². The molecular formula is C12H12F3N3O7. The van der Waals surface area contributed by atoms with Gasteiger partial charge in [0, 0.05) is 0 Å². The molecule has 1 aliphatic rings. The molecular weight excluding hydrogens is 355 g/mol. The quantitative estimate of drug-likeness (QED) is 0.409. The highest BCUT2D eigenvalue weighted by atomic mass is 19.4. The molecule has 2 heterocycles. The lowest BCUT2D eigenvalue weighted by Crippen LogP contribution is -2.73. The minimum Gasteiger partial charge on any atom is -0.466 e. The number of hydrogen-bond donors (Lipinski definition) is 3. The summed E-state index contributed by atoms with van der Waals surface area (Å²) in [5, 5.41) is 23.9. The van der Waals surface area contributed by atoms with Crippen LogP contribution in [0.5, 0.6) is 0 Å². The number of nitrogens with one attached hydrogen (secondary N) is 2. The molecule has 3 atom stereocenters. The van der Waals surface area contributed by atoms with Crippen LogP contribution < -0.4 is 10.6 Å². The minimum absolute atomic E-state index is 0.303. The van der Waals surface area contributed by atoms with Crippen molar-refractivity contribution in [3.8, 4) is 0 Å². The second-order valence-corrected chi connectivity index (χ2v) is 5.00. The molecule has 2 amide bonds. The van der Waals surface area contributed by atoms with E-state index >= 15 is 0 Å². The number of alkyl halides is 3. The first-order valence-electron chi connectivity index (χ1n) is 6.79. The predicted octanol–water partition coefficient (Wildman–Crippen LogP) is 0.972. The lowest BCUT2D eigenvalue weighted by atomic mass is 9.84. The number of carbonyl (C=O) groups is 2. The van der Waals surface area contributed by atoms with E-state index < -0.39 is 52.4 Å². The highest BCUT2D eigenvalue weighted by Crippen LogP contribution is 2.43. The molecule has 3 N–H and O–H groups in total. The fraction of sp³-hybridized carbons (Fsp3) is 0.500. The molecule has 0 aliphatic carbocycles. The molecule has 0 radical (unpaired) electrons. The Balaban J connectivity index is 2.55. The number of nitrogens with zero attached hydrogens (tertiary/aromatic N) is 1. The standard InChI is InChI=1S/C12H12F3N3O7/c1-2-24-9(19)7-8(5-3-4-6(25-5)18(22)23)16-10(20)17-11(7,21)12(13,14)15/h3-4,7-8,21H,2H2,1H3,(H2,16,17,20)/t7-,8-,11-/m1/s1. The van der Waals surface area contributed by atoms with E-state index in [1.807, 2.05) is 5.32 Å². The van der Waals surface area contributed by atoms with Gasteiger partial charge in [-0.3, -0.25) is 14.9 Å². The van der Waals surface area contributed by atoms with Gasteiger partial charge in [-0.2, -0.15) is 13.2 Å². The summed E-state index contributed by atoms with van der Waals surface area (Å²) in [4.78, 5) is 33.3. The first-order valence-corrected chi connectivity index (χ1v) is 6.79. The Labute approximate surface area is 137 Å². The average molecular weight is 367 g/mol. The Morgan fingerprint density at radius 3 is 2.64 bits per heavy atom. The van der Waals surface area contributed by atoms with Crippen molar-refractivity contribution in [2.24, 2.45) is 5.92 Å². The molecule has 0 saturated carbocycles. The summed E-state index contributed by atoms with van der Waals surface area (Å²) < 4.78 is 49.3.